The Morgan fingerprint density at radius 2 is 1.88 bits per heavy atom. The molecule has 5 nitrogen and oxygen atoms in total. The van der Waals surface area contributed by atoms with Crippen LogP contribution < -0.4 is 0 Å². The third kappa shape index (κ3) is 1.48. The molecule has 0 spiro atoms. The van der Waals surface area contributed by atoms with Crippen LogP contribution in [0.15, 0.2) is 11.6 Å². The number of carboxylic acids is 2. The van der Waals surface area contributed by atoms with E-state index in [4.69, 9.17) is 0 Å². The monoisotopic (exact) mass is 348 g/mol. The van der Waals surface area contributed by atoms with Crippen molar-refractivity contribution < 1.29 is 24.9 Å². The van der Waals surface area contributed by atoms with Crippen LogP contribution in [0.5, 0.6) is 0 Å². The van der Waals surface area contributed by atoms with Gasteiger partial charge in [-0.3, -0.25) is 9.59 Å². The third-order valence-corrected chi connectivity index (χ3v) is 8.50. The maximum Gasteiger partial charge on any atom is 0.315 e. The van der Waals surface area contributed by atoms with Crippen molar-refractivity contribution in [3.63, 3.8) is 0 Å². The average Bonchev–Trinajstić information content (AvgIpc) is 3.11. The normalized spacial score (nSPS) is 50.0. The van der Waals surface area contributed by atoms with E-state index >= 15 is 0 Å². The molecule has 25 heavy (non-hydrogen) atoms. The third-order valence-electron chi connectivity index (χ3n) is 8.50. The second kappa shape index (κ2) is 4.87. The van der Waals surface area contributed by atoms with Crippen LogP contribution in [0, 0.1) is 45.8 Å². The van der Waals surface area contributed by atoms with Crippen molar-refractivity contribution in [3.8, 4) is 0 Å². The number of carbonyl (C=O) groups is 2. The Bertz CT molecular complexity index is 682. The van der Waals surface area contributed by atoms with E-state index in [2.05, 4.69) is 6.92 Å². The minimum atomic E-state index is -1.47. The predicted molar refractivity (Wildman–Crippen MR) is 90.7 cm³/mol. The molecule has 3 N–H and O–H groups in total. The fourth-order valence-corrected chi connectivity index (χ4v) is 7.76. The van der Waals surface area contributed by atoms with Gasteiger partial charge in [0.2, 0.25) is 0 Å². The van der Waals surface area contributed by atoms with Crippen molar-refractivity contribution >= 4 is 11.9 Å². The van der Waals surface area contributed by atoms with Crippen LogP contribution >= 0.6 is 0 Å². The summed E-state index contributed by atoms with van der Waals surface area (Å²) >= 11 is 0. The van der Waals surface area contributed by atoms with E-state index < -0.39 is 28.2 Å². The second-order valence-corrected chi connectivity index (χ2v) is 9.26. The molecule has 0 radical (unpaired) electrons. The lowest BCUT2D eigenvalue weighted by Crippen LogP contribution is -2.65. The summed E-state index contributed by atoms with van der Waals surface area (Å²) in [5.41, 5.74) is -2.87. The van der Waals surface area contributed by atoms with Crippen molar-refractivity contribution in [1.29, 1.82) is 0 Å². The number of aliphatic carboxylic acids is 2. The van der Waals surface area contributed by atoms with E-state index in [1.165, 1.54) is 0 Å². The van der Waals surface area contributed by atoms with Crippen LogP contribution in [0.1, 0.15) is 46.5 Å². The highest BCUT2D eigenvalue weighted by Gasteiger charge is 2.86. The molecule has 0 aliphatic heterocycles. The van der Waals surface area contributed by atoms with Crippen molar-refractivity contribution in [2.24, 2.45) is 45.8 Å². The smallest absolute Gasteiger partial charge is 0.315 e. The summed E-state index contributed by atoms with van der Waals surface area (Å²) in [6.07, 6.45) is 4.75. The van der Waals surface area contributed by atoms with E-state index in [1.54, 1.807) is 0 Å². The quantitative estimate of drug-likeness (QED) is 0.679. The summed E-state index contributed by atoms with van der Waals surface area (Å²) in [5, 5.41) is 31.4. The molecule has 138 valence electrons. The van der Waals surface area contributed by atoms with Gasteiger partial charge in [-0.2, -0.15) is 0 Å². The highest BCUT2D eigenvalue weighted by molar-refractivity contribution is 5.94. The number of fused-ring (bicyclic) bond motifs is 2. The van der Waals surface area contributed by atoms with Crippen molar-refractivity contribution in [3.05, 3.63) is 11.6 Å². The molecule has 5 heteroatoms. The lowest BCUT2D eigenvalue weighted by Gasteiger charge is -2.58. The standard InChI is InChI=1S/C20H28O5/c1-10(2)15-6-12-7-19(16(22)23)14-5-4-11(3)13(14)8-18(12,9-21)20(15,19)17(24)25/h6,10-14,21H,4-5,7-9H2,1-3H3,(H,22,23)(H,24,25)/t11-,12+,13-,14-,18+,19-,20-/m1/s1. The van der Waals surface area contributed by atoms with Crippen molar-refractivity contribution in [1.82, 2.24) is 0 Å². The number of rotatable bonds is 4. The molecule has 4 bridgehead atoms. The van der Waals surface area contributed by atoms with Crippen LogP contribution in [0.4, 0.5) is 0 Å². The van der Waals surface area contributed by atoms with Gasteiger partial charge in [-0.1, -0.05) is 38.8 Å². The summed E-state index contributed by atoms with van der Waals surface area (Å²) in [7, 11) is 0. The van der Waals surface area contributed by atoms with Gasteiger partial charge in [-0.05, 0) is 48.9 Å². The average molecular weight is 348 g/mol. The molecule has 4 rings (SSSR count). The lowest BCUT2D eigenvalue weighted by atomic mass is 9.42. The molecule has 0 saturated heterocycles. The largest absolute Gasteiger partial charge is 0.481 e. The van der Waals surface area contributed by atoms with Crippen LogP contribution in [-0.4, -0.2) is 33.9 Å². The van der Waals surface area contributed by atoms with Gasteiger partial charge < -0.3 is 15.3 Å². The van der Waals surface area contributed by atoms with Gasteiger partial charge in [0.15, 0.2) is 0 Å². The Kier molecular flexibility index (Phi) is 3.33. The molecule has 0 unspecified atom stereocenters. The van der Waals surface area contributed by atoms with Crippen molar-refractivity contribution in [2.75, 3.05) is 6.61 Å². The molecule has 3 saturated carbocycles. The van der Waals surface area contributed by atoms with Gasteiger partial charge >= 0.3 is 11.9 Å². The van der Waals surface area contributed by atoms with Gasteiger partial charge in [0.25, 0.3) is 0 Å². The number of aliphatic hydroxyl groups excluding tert-OH is 1. The summed E-state index contributed by atoms with van der Waals surface area (Å²) in [6, 6.07) is 0. The molecule has 4 aliphatic carbocycles. The zero-order chi connectivity index (χ0) is 18.4. The van der Waals surface area contributed by atoms with Crippen LogP contribution in [-0.2, 0) is 9.59 Å². The SMILES string of the molecule is CC(C)C1=C[C@H]2C[C@]3(C(=O)O)[C@@H]4CC[C@@H](C)[C@H]4C[C@@]2(CO)[C@]13C(=O)O. The van der Waals surface area contributed by atoms with Gasteiger partial charge in [0.05, 0.1) is 12.0 Å². The van der Waals surface area contributed by atoms with E-state index in [9.17, 15) is 24.9 Å². The topological polar surface area (TPSA) is 94.8 Å². The van der Waals surface area contributed by atoms with E-state index in [-0.39, 0.29) is 30.3 Å². The summed E-state index contributed by atoms with van der Waals surface area (Å²) < 4.78 is 0. The number of hydrogen-bond acceptors (Lipinski definition) is 3. The van der Waals surface area contributed by atoms with Gasteiger partial charge in [-0.15, -0.1) is 0 Å². The van der Waals surface area contributed by atoms with E-state index in [0.717, 1.165) is 18.4 Å². The summed E-state index contributed by atoms with van der Waals surface area (Å²) in [4.78, 5) is 25.6. The first-order chi connectivity index (χ1) is 11.7. The van der Waals surface area contributed by atoms with Crippen LogP contribution in [0.25, 0.3) is 0 Å². The first kappa shape index (κ1) is 17.1. The zero-order valence-corrected chi connectivity index (χ0v) is 15.2. The fraction of sp³-hybridized carbons (Fsp3) is 0.800. The molecule has 0 heterocycles. The molecule has 3 fully saturated rings. The first-order valence-corrected chi connectivity index (χ1v) is 9.50. The minimum absolute atomic E-state index is 0.0403. The van der Waals surface area contributed by atoms with E-state index in [1.807, 2.05) is 19.9 Å². The highest BCUT2D eigenvalue weighted by Crippen LogP contribution is 2.83. The van der Waals surface area contributed by atoms with Gasteiger partial charge in [-0.25, -0.2) is 0 Å². The first-order valence-electron chi connectivity index (χ1n) is 9.50. The molecule has 0 aromatic rings. The minimum Gasteiger partial charge on any atom is -0.481 e. The maximum absolute atomic E-state index is 12.8. The Balaban J connectivity index is 2.06. The Morgan fingerprint density at radius 1 is 1.20 bits per heavy atom. The summed E-state index contributed by atoms with van der Waals surface area (Å²) in [6.45, 7) is 5.80. The molecule has 0 aromatic carbocycles. The highest BCUT2D eigenvalue weighted by atomic mass is 16.4. The molecule has 0 amide bonds. The Hall–Kier alpha value is -1.36. The molecule has 0 aromatic heterocycles. The molecular weight excluding hydrogens is 320 g/mol. The zero-order valence-electron chi connectivity index (χ0n) is 15.2. The summed E-state index contributed by atoms with van der Waals surface area (Å²) in [5.74, 6) is -1.72. The fourth-order valence-electron chi connectivity index (χ4n) is 7.76. The maximum atomic E-state index is 12.8. The predicted octanol–water partition coefficient (Wildman–Crippen LogP) is 2.79. The number of aliphatic hydroxyl groups is 1. The molecular formula is C20H28O5. The lowest BCUT2D eigenvalue weighted by molar-refractivity contribution is -0.198. The second-order valence-electron chi connectivity index (χ2n) is 9.26. The number of hydrogen-bond donors (Lipinski definition) is 3. The van der Waals surface area contributed by atoms with Crippen LogP contribution in [0.3, 0.4) is 0 Å². The van der Waals surface area contributed by atoms with E-state index in [0.29, 0.717) is 18.8 Å². The van der Waals surface area contributed by atoms with Crippen LogP contribution in [0.2, 0.25) is 0 Å². The Morgan fingerprint density at radius 3 is 2.40 bits per heavy atom. The van der Waals surface area contributed by atoms with Gasteiger partial charge in [0.1, 0.15) is 5.41 Å². The van der Waals surface area contributed by atoms with Crippen molar-refractivity contribution in [2.45, 2.75) is 46.5 Å². The molecule has 7 atom stereocenters. The number of allylic oxidation sites excluding steroid dienone is 1. The molecule has 4 aliphatic rings. The van der Waals surface area contributed by atoms with Gasteiger partial charge in [0, 0.05) is 5.41 Å². The number of carboxylic acid groups (broad SMARTS) is 2. The Labute approximate surface area is 148 Å².